The zero-order valence-corrected chi connectivity index (χ0v) is 20.4. The van der Waals surface area contributed by atoms with E-state index in [1.807, 2.05) is 4.90 Å². The van der Waals surface area contributed by atoms with Crippen molar-refractivity contribution in [3.8, 4) is 0 Å². The van der Waals surface area contributed by atoms with Gasteiger partial charge in [-0.3, -0.25) is 19.1 Å². The normalized spacial score (nSPS) is 17.7. The van der Waals surface area contributed by atoms with Crippen LogP contribution in [0.5, 0.6) is 0 Å². The Balaban J connectivity index is 1.67. The van der Waals surface area contributed by atoms with Crippen LogP contribution in [0.2, 0.25) is 5.02 Å². The van der Waals surface area contributed by atoms with Crippen molar-refractivity contribution in [2.24, 2.45) is 18.4 Å². The Morgan fingerprint density at radius 2 is 1.81 bits per heavy atom. The summed E-state index contributed by atoms with van der Waals surface area (Å²) in [4.78, 5) is 34.6. The molecule has 0 bridgehead atoms. The van der Waals surface area contributed by atoms with Crippen LogP contribution in [0.1, 0.15) is 59.3 Å². The topological polar surface area (TPSA) is 58.4 Å². The number of carbonyl (C=O) groups is 1. The first-order valence-corrected chi connectivity index (χ1v) is 11.5. The second-order valence-corrected chi connectivity index (χ2v) is 10.6. The van der Waals surface area contributed by atoms with Crippen molar-refractivity contribution in [3.63, 3.8) is 0 Å². The largest absolute Gasteiger partial charge is 0.340 e. The summed E-state index contributed by atoms with van der Waals surface area (Å²) >= 11 is 6.11. The van der Waals surface area contributed by atoms with Crippen LogP contribution in [0.4, 0.5) is 0 Å². The molecule has 0 aliphatic carbocycles. The standard InChI is InChI=1S/C24H35ClN4O2/c1-16(15-24(3,4)5)13-21(30)29-11-9-28(10-12-29)17(2)22-26-20-14-18(25)7-8-19(20)23(31)27(22)6/h7-8,14,16-17H,9-13,15H2,1-6H3. The predicted molar refractivity (Wildman–Crippen MR) is 126 cm³/mol. The van der Waals surface area contributed by atoms with Crippen molar-refractivity contribution >= 4 is 28.4 Å². The van der Waals surface area contributed by atoms with Crippen LogP contribution in [0.25, 0.3) is 10.9 Å². The Kier molecular flexibility index (Phi) is 7.11. The molecule has 170 valence electrons. The Morgan fingerprint density at radius 3 is 2.42 bits per heavy atom. The first-order chi connectivity index (χ1) is 14.5. The average molecular weight is 447 g/mol. The number of aromatic nitrogens is 2. The average Bonchev–Trinajstić information content (AvgIpc) is 2.68. The third kappa shape index (κ3) is 5.66. The lowest BCUT2D eigenvalue weighted by molar-refractivity contribution is -0.134. The number of benzene rings is 1. The fourth-order valence-electron chi connectivity index (χ4n) is 4.70. The molecule has 0 saturated carbocycles. The van der Waals surface area contributed by atoms with E-state index in [9.17, 15) is 9.59 Å². The number of piperazine rings is 1. The van der Waals surface area contributed by atoms with Gasteiger partial charge in [0.25, 0.3) is 5.56 Å². The van der Waals surface area contributed by atoms with Crippen molar-refractivity contribution in [3.05, 3.63) is 39.4 Å². The molecule has 0 spiro atoms. The smallest absolute Gasteiger partial charge is 0.261 e. The maximum atomic E-state index is 12.8. The Hall–Kier alpha value is -1.92. The van der Waals surface area contributed by atoms with E-state index in [0.29, 0.717) is 41.4 Å². The van der Waals surface area contributed by atoms with E-state index in [0.717, 1.165) is 25.3 Å². The third-order valence-corrected chi connectivity index (χ3v) is 6.38. The summed E-state index contributed by atoms with van der Waals surface area (Å²) in [5.41, 5.74) is 0.796. The maximum absolute atomic E-state index is 12.8. The summed E-state index contributed by atoms with van der Waals surface area (Å²) in [6.07, 6.45) is 1.65. The molecule has 1 aromatic heterocycles. The maximum Gasteiger partial charge on any atom is 0.261 e. The molecule has 6 nitrogen and oxygen atoms in total. The van der Waals surface area contributed by atoms with Gasteiger partial charge in [-0.25, -0.2) is 4.98 Å². The summed E-state index contributed by atoms with van der Waals surface area (Å²) in [5.74, 6) is 1.35. The number of rotatable bonds is 5. The molecule has 1 saturated heterocycles. The lowest BCUT2D eigenvalue weighted by atomic mass is 9.84. The molecule has 3 rings (SSSR count). The zero-order valence-electron chi connectivity index (χ0n) is 19.6. The van der Waals surface area contributed by atoms with Crippen LogP contribution in [0, 0.1) is 11.3 Å². The molecule has 0 radical (unpaired) electrons. The molecule has 2 unspecified atom stereocenters. The van der Waals surface area contributed by atoms with E-state index in [1.54, 1.807) is 29.8 Å². The molecule has 1 aliphatic rings. The van der Waals surface area contributed by atoms with Gasteiger partial charge >= 0.3 is 0 Å². The second kappa shape index (κ2) is 9.29. The molecule has 1 aliphatic heterocycles. The van der Waals surface area contributed by atoms with Gasteiger partial charge in [-0.05, 0) is 42.9 Å². The molecule has 1 aromatic carbocycles. The van der Waals surface area contributed by atoms with Gasteiger partial charge in [-0.2, -0.15) is 0 Å². The van der Waals surface area contributed by atoms with Gasteiger partial charge in [0.2, 0.25) is 5.91 Å². The van der Waals surface area contributed by atoms with Gasteiger partial charge in [-0.15, -0.1) is 0 Å². The van der Waals surface area contributed by atoms with Crippen molar-refractivity contribution < 1.29 is 4.79 Å². The lowest BCUT2D eigenvalue weighted by Crippen LogP contribution is -2.50. The SMILES string of the molecule is CC(CC(=O)N1CCN(C(C)c2nc3cc(Cl)ccc3c(=O)n2C)CC1)CC(C)(C)C. The number of amides is 1. The summed E-state index contributed by atoms with van der Waals surface area (Å²) in [6, 6.07) is 5.16. The predicted octanol–water partition coefficient (Wildman–Crippen LogP) is 4.25. The highest BCUT2D eigenvalue weighted by molar-refractivity contribution is 6.31. The minimum atomic E-state index is -0.0647. The lowest BCUT2D eigenvalue weighted by Gasteiger charge is -2.38. The van der Waals surface area contributed by atoms with Gasteiger partial charge in [0.1, 0.15) is 5.82 Å². The summed E-state index contributed by atoms with van der Waals surface area (Å²) < 4.78 is 1.63. The van der Waals surface area contributed by atoms with Crippen LogP contribution in [-0.4, -0.2) is 51.4 Å². The van der Waals surface area contributed by atoms with E-state index >= 15 is 0 Å². The number of hydrogen-bond acceptors (Lipinski definition) is 4. The van der Waals surface area contributed by atoms with Crippen LogP contribution >= 0.6 is 11.6 Å². The van der Waals surface area contributed by atoms with E-state index in [-0.39, 0.29) is 22.9 Å². The van der Waals surface area contributed by atoms with E-state index in [4.69, 9.17) is 16.6 Å². The molecule has 0 N–H and O–H groups in total. The first-order valence-electron chi connectivity index (χ1n) is 11.1. The zero-order chi connectivity index (χ0) is 22.9. The molecule has 2 aromatic rings. The molecule has 1 amide bonds. The number of fused-ring (bicyclic) bond motifs is 1. The van der Waals surface area contributed by atoms with Gasteiger partial charge in [0, 0.05) is 44.7 Å². The Bertz CT molecular complexity index is 1000. The van der Waals surface area contributed by atoms with E-state index in [1.165, 1.54) is 0 Å². The monoisotopic (exact) mass is 446 g/mol. The van der Waals surface area contributed by atoms with Gasteiger partial charge in [-0.1, -0.05) is 39.3 Å². The van der Waals surface area contributed by atoms with Crippen LogP contribution in [0.3, 0.4) is 0 Å². The highest BCUT2D eigenvalue weighted by Crippen LogP contribution is 2.27. The molecule has 7 heteroatoms. The minimum Gasteiger partial charge on any atom is -0.340 e. The van der Waals surface area contributed by atoms with Crippen LogP contribution in [-0.2, 0) is 11.8 Å². The Morgan fingerprint density at radius 1 is 1.16 bits per heavy atom. The van der Waals surface area contributed by atoms with Gasteiger partial charge in [0.15, 0.2) is 0 Å². The molecule has 2 heterocycles. The number of halogens is 1. The third-order valence-electron chi connectivity index (χ3n) is 6.15. The van der Waals surface area contributed by atoms with Crippen molar-refractivity contribution in [2.45, 2.75) is 53.5 Å². The Labute approximate surface area is 190 Å². The summed E-state index contributed by atoms with van der Waals surface area (Å²) in [6.45, 7) is 13.8. The van der Waals surface area contributed by atoms with Crippen molar-refractivity contribution in [1.29, 1.82) is 0 Å². The van der Waals surface area contributed by atoms with E-state index in [2.05, 4.69) is 39.5 Å². The van der Waals surface area contributed by atoms with Crippen LogP contribution < -0.4 is 5.56 Å². The van der Waals surface area contributed by atoms with Crippen LogP contribution in [0.15, 0.2) is 23.0 Å². The van der Waals surface area contributed by atoms with Gasteiger partial charge in [0.05, 0.1) is 16.9 Å². The quantitative estimate of drug-likeness (QED) is 0.688. The molecular formula is C24H35ClN4O2. The molecular weight excluding hydrogens is 412 g/mol. The van der Waals surface area contributed by atoms with E-state index < -0.39 is 0 Å². The first kappa shape index (κ1) is 23.7. The molecule has 31 heavy (non-hydrogen) atoms. The number of carbonyl (C=O) groups excluding carboxylic acids is 1. The highest BCUT2D eigenvalue weighted by Gasteiger charge is 2.28. The number of nitrogens with zero attached hydrogens (tertiary/aromatic N) is 4. The minimum absolute atomic E-state index is 0.0295. The fourth-order valence-corrected chi connectivity index (χ4v) is 4.87. The summed E-state index contributed by atoms with van der Waals surface area (Å²) in [5, 5.41) is 1.14. The second-order valence-electron chi connectivity index (χ2n) is 10.2. The van der Waals surface area contributed by atoms with Gasteiger partial charge < -0.3 is 4.90 Å². The van der Waals surface area contributed by atoms with Crippen molar-refractivity contribution in [2.75, 3.05) is 26.2 Å². The fraction of sp³-hybridized carbons (Fsp3) is 0.625. The van der Waals surface area contributed by atoms with Crippen molar-refractivity contribution in [1.82, 2.24) is 19.4 Å². The number of hydrogen-bond donors (Lipinski definition) is 0. The highest BCUT2D eigenvalue weighted by atomic mass is 35.5. The summed E-state index contributed by atoms with van der Waals surface area (Å²) in [7, 11) is 1.77. The molecule has 2 atom stereocenters. The molecule has 1 fully saturated rings.